The number of rotatable bonds is 14. The van der Waals surface area contributed by atoms with E-state index in [1.807, 2.05) is 72.8 Å². The number of hydrogen-bond donors (Lipinski definition) is 2. The number of aromatic nitrogens is 1. The predicted octanol–water partition coefficient (Wildman–Crippen LogP) is 7.03. The second kappa shape index (κ2) is 19.1. The molecule has 4 fully saturated rings. The third kappa shape index (κ3) is 9.71. The summed E-state index contributed by atoms with van der Waals surface area (Å²) >= 11 is 0. The molecule has 4 aromatic carbocycles. The molecule has 65 heavy (non-hydrogen) atoms. The first-order valence-corrected chi connectivity index (χ1v) is 22.0. The number of amides is 6. The van der Waals surface area contributed by atoms with Gasteiger partial charge in [0.15, 0.2) is 5.76 Å². The van der Waals surface area contributed by atoms with E-state index in [0.29, 0.717) is 54.5 Å². The number of likely N-dealkylation sites (tertiary alicyclic amines) is 2. The minimum Gasteiger partial charge on any atom is -0.447 e. The average molecular weight is 880 g/mol. The van der Waals surface area contributed by atoms with E-state index in [0.717, 1.165) is 29.5 Å². The van der Waals surface area contributed by atoms with Crippen molar-refractivity contribution in [2.75, 3.05) is 50.0 Å². The molecular formula is C49H49N7O9. The molecule has 4 saturated heterocycles. The molecule has 9 rings (SSSR count). The van der Waals surface area contributed by atoms with Crippen LogP contribution >= 0.6 is 0 Å². The number of ether oxygens (including phenoxy) is 2. The monoisotopic (exact) mass is 879 g/mol. The molecule has 0 saturated carbocycles. The van der Waals surface area contributed by atoms with Crippen molar-refractivity contribution in [3.05, 3.63) is 127 Å². The second-order valence-electron chi connectivity index (χ2n) is 16.7. The number of cyclic esters (lactones) is 2. The lowest BCUT2D eigenvalue weighted by Crippen LogP contribution is -2.44. The van der Waals surface area contributed by atoms with Crippen molar-refractivity contribution in [3.63, 3.8) is 0 Å². The van der Waals surface area contributed by atoms with Gasteiger partial charge in [-0.3, -0.25) is 29.0 Å². The van der Waals surface area contributed by atoms with Gasteiger partial charge in [0, 0.05) is 60.5 Å². The van der Waals surface area contributed by atoms with Gasteiger partial charge in [0.25, 0.3) is 0 Å². The third-order valence-corrected chi connectivity index (χ3v) is 12.5. The zero-order valence-corrected chi connectivity index (χ0v) is 35.7. The van der Waals surface area contributed by atoms with E-state index < -0.39 is 12.2 Å². The predicted molar refractivity (Wildman–Crippen MR) is 238 cm³/mol. The number of nitrogens with zero attached hydrogens (tertiary/aromatic N) is 5. The molecule has 0 unspecified atom stereocenters. The van der Waals surface area contributed by atoms with Crippen LogP contribution in [0.5, 0.6) is 0 Å². The second-order valence-corrected chi connectivity index (χ2v) is 16.7. The van der Waals surface area contributed by atoms with Gasteiger partial charge < -0.3 is 34.3 Å². The topological polar surface area (TPSA) is 184 Å². The number of hydrogen-bond acceptors (Lipinski definition) is 10. The van der Waals surface area contributed by atoms with Crippen molar-refractivity contribution < 1.29 is 42.7 Å². The molecule has 4 aliphatic heterocycles. The zero-order valence-electron chi connectivity index (χ0n) is 35.7. The Balaban J connectivity index is 0.739. The summed E-state index contributed by atoms with van der Waals surface area (Å²) in [6.45, 7) is 1.18. The fraction of sp³-hybridized carbons (Fsp3) is 0.327. The molecule has 0 radical (unpaired) electrons. The van der Waals surface area contributed by atoms with Gasteiger partial charge in [0.1, 0.15) is 26.3 Å². The van der Waals surface area contributed by atoms with Gasteiger partial charge in [-0.15, -0.1) is 0 Å². The lowest BCUT2D eigenvalue weighted by molar-refractivity contribution is -0.134. The molecule has 4 atom stereocenters. The number of carbonyl (C=O) groups is 6. The minimum atomic E-state index is -0.522. The molecule has 2 N–H and O–H groups in total. The van der Waals surface area contributed by atoms with Crippen LogP contribution in [0.3, 0.4) is 0 Å². The Kier molecular flexibility index (Phi) is 12.6. The van der Waals surface area contributed by atoms with E-state index in [2.05, 4.69) is 15.6 Å². The summed E-state index contributed by atoms with van der Waals surface area (Å²) in [6.07, 6.45) is 3.76. The summed E-state index contributed by atoms with van der Waals surface area (Å²) in [7, 11) is 0. The van der Waals surface area contributed by atoms with Gasteiger partial charge in [-0.2, -0.15) is 0 Å². The SMILES string of the molecule is O=C(C[C@@H]1CCCN1C(=O)CN1C(=O)OC[C@H]1c1ccccc1)Nc1ccc(-c2cnc(-c3ccc(NC(=O)C[C@@H]4CCCN4C(=O)CN4C(=O)OC[C@H]4c4ccccc4)cc3)o2)cc1. The lowest BCUT2D eigenvalue weighted by atomic mass is 10.1. The van der Waals surface area contributed by atoms with Crippen LogP contribution in [0, 0.1) is 0 Å². The molecule has 16 nitrogen and oxygen atoms in total. The minimum absolute atomic E-state index is 0.115. The van der Waals surface area contributed by atoms with Crippen LogP contribution in [-0.2, 0) is 28.7 Å². The Morgan fingerprint density at radius 3 is 1.49 bits per heavy atom. The first kappa shape index (κ1) is 42.8. The normalized spacial score (nSPS) is 20.5. The van der Waals surface area contributed by atoms with E-state index in [9.17, 15) is 28.8 Å². The maximum Gasteiger partial charge on any atom is 0.410 e. The average Bonchev–Trinajstić information content (AvgIpc) is 4.19. The summed E-state index contributed by atoms with van der Waals surface area (Å²) in [5.74, 6) is 0.0545. The maximum absolute atomic E-state index is 13.4. The van der Waals surface area contributed by atoms with Crippen LogP contribution in [0.4, 0.5) is 21.0 Å². The molecule has 4 aliphatic rings. The first-order valence-electron chi connectivity index (χ1n) is 22.0. The Morgan fingerprint density at radius 1 is 0.585 bits per heavy atom. The molecular weight excluding hydrogens is 831 g/mol. The number of anilines is 2. The van der Waals surface area contributed by atoms with Crippen LogP contribution in [0.1, 0.15) is 61.7 Å². The van der Waals surface area contributed by atoms with Crippen molar-refractivity contribution in [2.24, 2.45) is 0 Å². The molecule has 0 spiro atoms. The number of oxazole rings is 1. The first-order chi connectivity index (χ1) is 31.7. The highest BCUT2D eigenvalue weighted by atomic mass is 16.6. The molecule has 5 aromatic rings. The van der Waals surface area contributed by atoms with Crippen LogP contribution in [-0.4, -0.2) is 112 Å². The maximum atomic E-state index is 13.4. The standard InChI is InChI=1S/C49H49N7O9/c57-43(25-38-13-7-23-53(38)45(59)28-55-40(30-63-48(55)61)32-9-3-1-4-10-32)51-36-19-15-34(16-20-36)42-27-50-47(65-42)35-17-21-37(22-18-35)52-44(58)26-39-14-8-24-54(39)46(60)29-56-41(31-64-49(56)62)33-11-5-2-6-12-33/h1-6,9-12,15-22,27,38-41H,7-8,13-14,23-26,28-31H2,(H,51,57)(H,52,58)/t38-,39-,40-,41-/m0/s1. The van der Waals surface area contributed by atoms with Crippen molar-refractivity contribution in [1.82, 2.24) is 24.6 Å². The van der Waals surface area contributed by atoms with Crippen molar-refractivity contribution in [1.29, 1.82) is 0 Å². The smallest absolute Gasteiger partial charge is 0.410 e. The van der Waals surface area contributed by atoms with Crippen LogP contribution in [0.25, 0.3) is 22.8 Å². The summed E-state index contributed by atoms with van der Waals surface area (Å²) in [5, 5.41) is 5.88. The quantitative estimate of drug-likeness (QED) is 0.117. The van der Waals surface area contributed by atoms with Crippen LogP contribution in [0.2, 0.25) is 0 Å². The van der Waals surface area contributed by atoms with Gasteiger partial charge in [-0.1, -0.05) is 60.7 Å². The van der Waals surface area contributed by atoms with Gasteiger partial charge in [-0.05, 0) is 85.3 Å². The number of nitrogens with one attached hydrogen (secondary N) is 2. The highest BCUT2D eigenvalue weighted by Gasteiger charge is 2.40. The molecule has 6 amide bonds. The highest BCUT2D eigenvalue weighted by molar-refractivity contribution is 5.93. The van der Waals surface area contributed by atoms with E-state index in [1.54, 1.807) is 52.4 Å². The highest BCUT2D eigenvalue weighted by Crippen LogP contribution is 2.32. The van der Waals surface area contributed by atoms with E-state index in [4.69, 9.17) is 13.9 Å². The van der Waals surface area contributed by atoms with Crippen LogP contribution in [0.15, 0.2) is 120 Å². The Bertz CT molecular complexity index is 2360. The third-order valence-electron chi connectivity index (χ3n) is 12.5. The summed E-state index contributed by atoms with van der Waals surface area (Å²) in [4.78, 5) is 89.1. The fourth-order valence-electron chi connectivity index (χ4n) is 9.19. The molecule has 5 heterocycles. The van der Waals surface area contributed by atoms with E-state index >= 15 is 0 Å². The Labute approximate surface area is 375 Å². The Morgan fingerprint density at radius 2 is 1.03 bits per heavy atom. The van der Waals surface area contributed by atoms with E-state index in [1.165, 1.54) is 9.80 Å². The lowest BCUT2D eigenvalue weighted by Gasteiger charge is -2.28. The fourth-order valence-corrected chi connectivity index (χ4v) is 9.19. The summed E-state index contributed by atoms with van der Waals surface area (Å²) < 4.78 is 16.7. The molecule has 0 bridgehead atoms. The Hall–Kier alpha value is -7.49. The van der Waals surface area contributed by atoms with Crippen LogP contribution < -0.4 is 10.6 Å². The van der Waals surface area contributed by atoms with Gasteiger partial charge in [-0.25, -0.2) is 14.6 Å². The van der Waals surface area contributed by atoms with Gasteiger partial charge in [0.05, 0.1) is 18.3 Å². The van der Waals surface area contributed by atoms with Crippen molar-refractivity contribution in [3.8, 4) is 22.8 Å². The number of benzene rings is 4. The van der Waals surface area contributed by atoms with Crippen molar-refractivity contribution in [2.45, 2.75) is 62.7 Å². The molecule has 0 aliphatic carbocycles. The summed E-state index contributed by atoms with van der Waals surface area (Å²) in [6, 6.07) is 32.1. The van der Waals surface area contributed by atoms with Crippen molar-refractivity contribution >= 4 is 47.2 Å². The zero-order chi connectivity index (χ0) is 44.9. The molecule has 334 valence electrons. The molecule has 16 heteroatoms. The van der Waals surface area contributed by atoms with E-state index in [-0.39, 0.29) is 86.9 Å². The number of carbonyl (C=O) groups excluding carboxylic acids is 6. The van der Waals surface area contributed by atoms with Gasteiger partial charge >= 0.3 is 12.2 Å². The summed E-state index contributed by atoms with van der Waals surface area (Å²) in [5.41, 5.74) is 4.44. The largest absolute Gasteiger partial charge is 0.447 e. The molecule has 1 aromatic heterocycles. The van der Waals surface area contributed by atoms with Gasteiger partial charge in [0.2, 0.25) is 29.5 Å².